The summed E-state index contributed by atoms with van der Waals surface area (Å²) in [5, 5.41) is 8.50. The predicted molar refractivity (Wildman–Crippen MR) is 131 cm³/mol. The van der Waals surface area contributed by atoms with Gasteiger partial charge in [-0.25, -0.2) is 14.4 Å². The summed E-state index contributed by atoms with van der Waals surface area (Å²) in [4.78, 5) is 31.4. The molecule has 0 aliphatic carbocycles. The van der Waals surface area contributed by atoms with Gasteiger partial charge in [0.2, 0.25) is 0 Å². The molecule has 1 amide bonds. The molecule has 0 saturated carbocycles. The van der Waals surface area contributed by atoms with Gasteiger partial charge in [0.1, 0.15) is 22.7 Å². The van der Waals surface area contributed by atoms with E-state index in [1.54, 1.807) is 35.5 Å². The maximum atomic E-state index is 14.0. The fourth-order valence-electron chi connectivity index (χ4n) is 3.99. The number of aromatic nitrogens is 6. The first-order valence-electron chi connectivity index (χ1n) is 11.3. The van der Waals surface area contributed by atoms with E-state index in [4.69, 9.17) is 10.1 Å². The molecular weight excluding hydrogens is 447 g/mol. The van der Waals surface area contributed by atoms with Crippen LogP contribution in [0.4, 0.5) is 4.39 Å². The van der Waals surface area contributed by atoms with Crippen molar-refractivity contribution in [3.05, 3.63) is 72.1 Å². The van der Waals surface area contributed by atoms with Crippen LogP contribution >= 0.6 is 0 Å². The van der Waals surface area contributed by atoms with E-state index in [9.17, 15) is 9.18 Å². The number of likely N-dealkylation sites (N-methyl/N-ethyl adjacent to an activating group) is 1. The van der Waals surface area contributed by atoms with E-state index >= 15 is 0 Å². The number of halogens is 1. The van der Waals surface area contributed by atoms with Gasteiger partial charge in [-0.05, 0) is 56.9 Å². The molecule has 4 heterocycles. The van der Waals surface area contributed by atoms with Crippen LogP contribution in [0, 0.1) is 5.82 Å². The molecular formula is C25H25FN8O. The normalized spacial score (nSPS) is 12.5. The Bertz CT molecular complexity index is 1510. The van der Waals surface area contributed by atoms with E-state index in [2.05, 4.69) is 20.3 Å². The van der Waals surface area contributed by atoms with Crippen LogP contribution in [-0.4, -0.2) is 61.2 Å². The molecule has 35 heavy (non-hydrogen) atoms. The summed E-state index contributed by atoms with van der Waals surface area (Å²) < 4.78 is 15.8. The lowest BCUT2D eigenvalue weighted by atomic mass is 10.1. The van der Waals surface area contributed by atoms with Crippen molar-refractivity contribution < 1.29 is 9.18 Å². The van der Waals surface area contributed by atoms with Crippen molar-refractivity contribution in [2.24, 2.45) is 0 Å². The molecule has 178 valence electrons. The first kappa shape index (κ1) is 22.6. The second kappa shape index (κ2) is 9.22. The number of benzene rings is 1. The summed E-state index contributed by atoms with van der Waals surface area (Å²) in [6.07, 6.45) is 6.60. The van der Waals surface area contributed by atoms with Gasteiger partial charge in [0.15, 0.2) is 5.65 Å². The van der Waals surface area contributed by atoms with Crippen LogP contribution in [0.3, 0.4) is 0 Å². The van der Waals surface area contributed by atoms with Gasteiger partial charge in [0, 0.05) is 30.5 Å². The number of nitrogens with zero attached hydrogens (tertiary/aromatic N) is 6. The average molecular weight is 473 g/mol. The number of carbonyl (C=O) groups is 1. The van der Waals surface area contributed by atoms with Crippen molar-refractivity contribution >= 4 is 28.0 Å². The summed E-state index contributed by atoms with van der Waals surface area (Å²) in [6.45, 7) is 3.24. The molecule has 1 unspecified atom stereocenters. The zero-order valence-corrected chi connectivity index (χ0v) is 19.7. The van der Waals surface area contributed by atoms with Crippen molar-refractivity contribution in [2.45, 2.75) is 19.5 Å². The number of amides is 1. The number of fused-ring (bicyclic) bond motifs is 2. The lowest BCUT2D eigenvalue weighted by Gasteiger charge is -2.13. The summed E-state index contributed by atoms with van der Waals surface area (Å²) >= 11 is 0. The molecule has 0 saturated heterocycles. The number of hydrogen-bond acceptors (Lipinski definition) is 6. The van der Waals surface area contributed by atoms with Crippen molar-refractivity contribution in [3.63, 3.8) is 0 Å². The lowest BCUT2D eigenvalue weighted by Crippen LogP contribution is -2.26. The Morgan fingerprint density at radius 1 is 1.23 bits per heavy atom. The van der Waals surface area contributed by atoms with E-state index in [-0.39, 0.29) is 17.8 Å². The molecule has 0 bridgehead atoms. The van der Waals surface area contributed by atoms with E-state index in [0.717, 1.165) is 17.5 Å². The van der Waals surface area contributed by atoms with Gasteiger partial charge in [-0.15, -0.1) is 0 Å². The highest BCUT2D eigenvalue weighted by atomic mass is 19.1. The molecule has 0 aliphatic heterocycles. The Kier molecular flexibility index (Phi) is 5.96. The number of pyridine rings is 1. The van der Waals surface area contributed by atoms with Gasteiger partial charge in [0.25, 0.3) is 5.91 Å². The SMILES string of the molecule is CC(NC(=O)c1c[nH]c2ncc(-c3nn(CCN(C)C)c4cc(F)ccc34)nc12)c1ccncc1. The second-order valence-corrected chi connectivity index (χ2v) is 8.67. The number of carbonyl (C=O) groups excluding carboxylic acids is 1. The van der Waals surface area contributed by atoms with Crippen LogP contribution in [0.5, 0.6) is 0 Å². The number of rotatable bonds is 7. The highest BCUT2D eigenvalue weighted by molar-refractivity contribution is 6.05. The van der Waals surface area contributed by atoms with Crippen molar-refractivity contribution in [2.75, 3.05) is 20.6 Å². The Morgan fingerprint density at radius 2 is 2.03 bits per heavy atom. The van der Waals surface area contributed by atoms with Gasteiger partial charge >= 0.3 is 0 Å². The molecule has 5 aromatic rings. The zero-order chi connectivity index (χ0) is 24.5. The fraction of sp³-hybridized carbons (Fsp3) is 0.240. The van der Waals surface area contributed by atoms with E-state index < -0.39 is 0 Å². The summed E-state index contributed by atoms with van der Waals surface area (Å²) in [7, 11) is 3.95. The highest BCUT2D eigenvalue weighted by Crippen LogP contribution is 2.29. The molecule has 4 aromatic heterocycles. The maximum absolute atomic E-state index is 14.0. The minimum absolute atomic E-state index is 0.210. The van der Waals surface area contributed by atoms with Gasteiger partial charge in [-0.1, -0.05) is 0 Å². The van der Waals surface area contributed by atoms with Crippen LogP contribution in [0.2, 0.25) is 0 Å². The van der Waals surface area contributed by atoms with E-state index in [1.807, 2.05) is 38.1 Å². The third-order valence-electron chi connectivity index (χ3n) is 5.89. The second-order valence-electron chi connectivity index (χ2n) is 8.67. The monoisotopic (exact) mass is 472 g/mol. The fourth-order valence-corrected chi connectivity index (χ4v) is 3.99. The number of H-pyrrole nitrogens is 1. The quantitative estimate of drug-likeness (QED) is 0.375. The molecule has 1 aromatic carbocycles. The Balaban J connectivity index is 1.52. The highest BCUT2D eigenvalue weighted by Gasteiger charge is 2.20. The minimum Gasteiger partial charge on any atom is -0.345 e. The molecule has 10 heteroatoms. The topological polar surface area (TPSA) is 105 Å². The smallest absolute Gasteiger partial charge is 0.255 e. The Labute approximate surface area is 201 Å². The number of hydrogen-bond donors (Lipinski definition) is 2. The van der Waals surface area contributed by atoms with Crippen LogP contribution in [0.1, 0.15) is 28.9 Å². The first-order chi connectivity index (χ1) is 16.9. The third kappa shape index (κ3) is 4.47. The van der Waals surface area contributed by atoms with E-state index in [0.29, 0.717) is 40.2 Å². The molecule has 5 rings (SSSR count). The lowest BCUT2D eigenvalue weighted by molar-refractivity contribution is 0.0941. The van der Waals surface area contributed by atoms with Crippen LogP contribution in [0.25, 0.3) is 33.5 Å². The van der Waals surface area contributed by atoms with Crippen molar-refractivity contribution in [1.82, 2.24) is 39.9 Å². The standard InChI is InChI=1S/C25H25FN8O/c1-15(16-6-8-27-9-7-16)30-25(35)19-13-28-24-23(19)31-20(14-29-24)22-18-5-4-17(26)12-21(18)34(32-22)11-10-33(2)3/h4-9,12-15H,10-11H2,1-3H3,(H,28,29)(H,30,35). The van der Waals surface area contributed by atoms with Crippen LogP contribution < -0.4 is 5.32 Å². The Hall–Kier alpha value is -4.18. The third-order valence-corrected chi connectivity index (χ3v) is 5.89. The van der Waals surface area contributed by atoms with Gasteiger partial charge in [-0.2, -0.15) is 5.10 Å². The van der Waals surface area contributed by atoms with Gasteiger partial charge < -0.3 is 15.2 Å². The van der Waals surface area contributed by atoms with Crippen LogP contribution in [0.15, 0.2) is 55.1 Å². The predicted octanol–water partition coefficient (Wildman–Crippen LogP) is 3.56. The zero-order valence-electron chi connectivity index (χ0n) is 19.7. The first-order valence-corrected chi connectivity index (χ1v) is 11.3. The van der Waals surface area contributed by atoms with Gasteiger partial charge in [0.05, 0.1) is 29.9 Å². The van der Waals surface area contributed by atoms with Crippen LogP contribution in [-0.2, 0) is 6.54 Å². The number of aromatic amines is 1. The van der Waals surface area contributed by atoms with E-state index in [1.165, 1.54) is 12.1 Å². The molecule has 0 radical (unpaired) electrons. The minimum atomic E-state index is -0.329. The van der Waals surface area contributed by atoms with Crippen molar-refractivity contribution in [3.8, 4) is 11.4 Å². The molecule has 0 aliphatic rings. The average Bonchev–Trinajstić information content (AvgIpc) is 3.44. The maximum Gasteiger partial charge on any atom is 0.255 e. The summed E-state index contributed by atoms with van der Waals surface area (Å²) in [6, 6.07) is 8.09. The van der Waals surface area contributed by atoms with Crippen molar-refractivity contribution in [1.29, 1.82) is 0 Å². The number of nitrogens with one attached hydrogen (secondary N) is 2. The molecule has 2 N–H and O–H groups in total. The molecule has 0 spiro atoms. The molecule has 1 atom stereocenters. The summed E-state index contributed by atoms with van der Waals surface area (Å²) in [5.41, 5.74) is 4.05. The summed E-state index contributed by atoms with van der Waals surface area (Å²) in [5.74, 6) is -0.597. The Morgan fingerprint density at radius 3 is 2.80 bits per heavy atom. The molecule has 0 fully saturated rings. The largest absolute Gasteiger partial charge is 0.345 e. The molecule has 9 nitrogen and oxygen atoms in total. The van der Waals surface area contributed by atoms with Gasteiger partial charge in [-0.3, -0.25) is 14.5 Å².